The first-order valence-electron chi connectivity index (χ1n) is 3.79. The van der Waals surface area contributed by atoms with E-state index in [1.54, 1.807) is 4.90 Å². The molecule has 1 aliphatic rings. The lowest BCUT2D eigenvalue weighted by Crippen LogP contribution is -2.35. The first kappa shape index (κ1) is 8.33. The fraction of sp³-hybridized carbons (Fsp3) is 0.857. The Morgan fingerprint density at radius 3 is 2.36 bits per heavy atom. The largest absolute Gasteiger partial charge is 0.344 e. The summed E-state index contributed by atoms with van der Waals surface area (Å²) >= 11 is 0. The van der Waals surface area contributed by atoms with Crippen LogP contribution < -0.4 is 0 Å². The highest BCUT2D eigenvalue weighted by molar-refractivity contribution is 5.75. The smallest absolute Gasteiger partial charge is 0.319 e. The monoisotopic (exact) mass is 158 g/mol. The molecule has 2 amide bonds. The molecule has 0 aromatic rings. The van der Waals surface area contributed by atoms with E-state index in [-0.39, 0.29) is 12.1 Å². The highest BCUT2D eigenvalue weighted by atomic mass is 16.7. The van der Waals surface area contributed by atoms with Crippen LogP contribution in [-0.4, -0.2) is 42.2 Å². The van der Waals surface area contributed by atoms with Crippen molar-refractivity contribution < 1.29 is 9.63 Å². The number of urea groups is 1. The highest BCUT2D eigenvalue weighted by Crippen LogP contribution is 2.11. The van der Waals surface area contributed by atoms with Crippen LogP contribution >= 0.6 is 0 Å². The van der Waals surface area contributed by atoms with E-state index in [2.05, 4.69) is 0 Å². The summed E-state index contributed by atoms with van der Waals surface area (Å²) in [5.41, 5.74) is 0. The maximum Gasteiger partial charge on any atom is 0.344 e. The average molecular weight is 158 g/mol. The summed E-state index contributed by atoms with van der Waals surface area (Å²) in [5, 5.41) is 1.38. The Hall–Kier alpha value is -0.770. The molecule has 1 heterocycles. The third-order valence-electron chi connectivity index (χ3n) is 1.85. The minimum absolute atomic E-state index is 0.0255. The molecule has 0 atom stereocenters. The minimum Gasteiger partial charge on any atom is -0.319 e. The SMILES string of the molecule is CON1CCN(C(C)C)C1=O. The van der Waals surface area contributed by atoms with E-state index in [1.165, 1.54) is 12.2 Å². The van der Waals surface area contributed by atoms with Gasteiger partial charge in [-0.1, -0.05) is 0 Å². The Morgan fingerprint density at radius 2 is 2.09 bits per heavy atom. The van der Waals surface area contributed by atoms with Crippen molar-refractivity contribution in [2.75, 3.05) is 20.2 Å². The number of nitrogens with zero attached hydrogens (tertiary/aromatic N) is 2. The maximum atomic E-state index is 11.3. The lowest BCUT2D eigenvalue weighted by Gasteiger charge is -2.20. The Kier molecular flexibility index (Phi) is 2.34. The molecule has 11 heavy (non-hydrogen) atoms. The van der Waals surface area contributed by atoms with Crippen molar-refractivity contribution in [3.63, 3.8) is 0 Å². The van der Waals surface area contributed by atoms with Crippen LogP contribution in [0.15, 0.2) is 0 Å². The van der Waals surface area contributed by atoms with Crippen molar-refractivity contribution in [1.82, 2.24) is 9.96 Å². The normalized spacial score (nSPS) is 18.7. The number of amides is 2. The third-order valence-corrected chi connectivity index (χ3v) is 1.85. The maximum absolute atomic E-state index is 11.3. The number of carbonyl (C=O) groups is 1. The molecule has 0 unspecified atom stereocenters. The number of hydrogen-bond acceptors (Lipinski definition) is 2. The van der Waals surface area contributed by atoms with E-state index in [0.717, 1.165) is 6.54 Å². The molecule has 4 heteroatoms. The van der Waals surface area contributed by atoms with Crippen LogP contribution in [0.2, 0.25) is 0 Å². The van der Waals surface area contributed by atoms with E-state index in [1.807, 2.05) is 13.8 Å². The molecular weight excluding hydrogens is 144 g/mol. The zero-order valence-electron chi connectivity index (χ0n) is 7.20. The Bertz CT molecular complexity index is 159. The minimum atomic E-state index is -0.0255. The van der Waals surface area contributed by atoms with Gasteiger partial charge in [-0.25, -0.2) is 9.86 Å². The van der Waals surface area contributed by atoms with Gasteiger partial charge in [0.15, 0.2) is 0 Å². The fourth-order valence-electron chi connectivity index (χ4n) is 1.18. The van der Waals surface area contributed by atoms with E-state index in [0.29, 0.717) is 6.54 Å². The lowest BCUT2D eigenvalue weighted by atomic mass is 10.3. The Balaban J connectivity index is 2.56. The standard InChI is InChI=1S/C7H14N2O2/c1-6(2)8-4-5-9(11-3)7(8)10/h6H,4-5H2,1-3H3. The molecule has 0 bridgehead atoms. The molecule has 0 aromatic carbocycles. The second kappa shape index (κ2) is 3.09. The molecule has 0 N–H and O–H groups in total. The van der Waals surface area contributed by atoms with Gasteiger partial charge in [0, 0.05) is 12.6 Å². The summed E-state index contributed by atoms with van der Waals surface area (Å²) in [7, 11) is 1.52. The van der Waals surface area contributed by atoms with E-state index >= 15 is 0 Å². The Morgan fingerprint density at radius 1 is 1.45 bits per heavy atom. The lowest BCUT2D eigenvalue weighted by molar-refractivity contribution is -0.0727. The van der Waals surface area contributed by atoms with Gasteiger partial charge in [-0.3, -0.25) is 4.84 Å². The molecular formula is C7H14N2O2. The van der Waals surface area contributed by atoms with Crippen LogP contribution in [0.3, 0.4) is 0 Å². The summed E-state index contributed by atoms with van der Waals surface area (Å²) in [4.78, 5) is 17.9. The summed E-state index contributed by atoms with van der Waals surface area (Å²) in [6, 6.07) is 0.241. The van der Waals surface area contributed by atoms with Crippen molar-refractivity contribution in [1.29, 1.82) is 0 Å². The summed E-state index contributed by atoms with van der Waals surface area (Å²) < 4.78 is 0. The first-order chi connectivity index (χ1) is 5.16. The van der Waals surface area contributed by atoms with Gasteiger partial charge in [-0.2, -0.15) is 0 Å². The zero-order valence-corrected chi connectivity index (χ0v) is 7.20. The molecule has 64 valence electrons. The fourth-order valence-corrected chi connectivity index (χ4v) is 1.18. The molecule has 1 aliphatic heterocycles. The van der Waals surface area contributed by atoms with Gasteiger partial charge < -0.3 is 4.90 Å². The highest BCUT2D eigenvalue weighted by Gasteiger charge is 2.29. The number of carbonyl (C=O) groups excluding carboxylic acids is 1. The second-order valence-electron chi connectivity index (χ2n) is 2.85. The number of hydrogen-bond donors (Lipinski definition) is 0. The van der Waals surface area contributed by atoms with Crippen molar-refractivity contribution in [2.45, 2.75) is 19.9 Å². The van der Waals surface area contributed by atoms with Crippen LogP contribution in [-0.2, 0) is 4.84 Å². The molecule has 0 saturated carbocycles. The predicted octanol–water partition coefficient (Wildman–Crippen LogP) is 0.694. The molecule has 0 spiro atoms. The topological polar surface area (TPSA) is 32.8 Å². The average Bonchev–Trinajstić information content (AvgIpc) is 2.30. The van der Waals surface area contributed by atoms with Crippen LogP contribution in [0.25, 0.3) is 0 Å². The van der Waals surface area contributed by atoms with Gasteiger partial charge in [0.1, 0.15) is 0 Å². The number of hydroxylamine groups is 2. The molecule has 0 aliphatic carbocycles. The summed E-state index contributed by atoms with van der Waals surface area (Å²) in [5.74, 6) is 0. The van der Waals surface area contributed by atoms with Gasteiger partial charge in [0.25, 0.3) is 0 Å². The van der Waals surface area contributed by atoms with Crippen LogP contribution in [0.5, 0.6) is 0 Å². The molecule has 1 rings (SSSR count). The Labute approximate surface area is 66.7 Å². The van der Waals surface area contributed by atoms with Gasteiger partial charge in [-0.05, 0) is 13.8 Å². The molecule has 1 saturated heterocycles. The molecule has 4 nitrogen and oxygen atoms in total. The van der Waals surface area contributed by atoms with Crippen molar-refractivity contribution >= 4 is 6.03 Å². The molecule has 0 aromatic heterocycles. The first-order valence-corrected chi connectivity index (χ1v) is 3.79. The zero-order chi connectivity index (χ0) is 8.43. The quantitative estimate of drug-likeness (QED) is 0.592. The summed E-state index contributed by atoms with van der Waals surface area (Å²) in [6.45, 7) is 5.44. The third kappa shape index (κ3) is 1.45. The van der Waals surface area contributed by atoms with Gasteiger partial charge in [-0.15, -0.1) is 0 Å². The van der Waals surface area contributed by atoms with Crippen LogP contribution in [0, 0.1) is 0 Å². The van der Waals surface area contributed by atoms with Crippen molar-refractivity contribution in [2.24, 2.45) is 0 Å². The van der Waals surface area contributed by atoms with Gasteiger partial charge >= 0.3 is 6.03 Å². The molecule has 0 radical (unpaired) electrons. The van der Waals surface area contributed by atoms with Crippen molar-refractivity contribution in [3.8, 4) is 0 Å². The van der Waals surface area contributed by atoms with Gasteiger partial charge in [0.05, 0.1) is 13.7 Å². The van der Waals surface area contributed by atoms with E-state index < -0.39 is 0 Å². The van der Waals surface area contributed by atoms with Gasteiger partial charge in [0.2, 0.25) is 0 Å². The predicted molar refractivity (Wildman–Crippen MR) is 41.0 cm³/mol. The second-order valence-corrected chi connectivity index (χ2v) is 2.85. The molecule has 1 fully saturated rings. The summed E-state index contributed by atoms with van der Waals surface area (Å²) in [6.07, 6.45) is 0. The number of rotatable bonds is 2. The van der Waals surface area contributed by atoms with Crippen LogP contribution in [0.1, 0.15) is 13.8 Å². The van der Waals surface area contributed by atoms with E-state index in [9.17, 15) is 4.79 Å². The van der Waals surface area contributed by atoms with E-state index in [4.69, 9.17) is 4.84 Å². The van der Waals surface area contributed by atoms with Crippen LogP contribution in [0.4, 0.5) is 4.79 Å². The van der Waals surface area contributed by atoms with Crippen molar-refractivity contribution in [3.05, 3.63) is 0 Å².